The Morgan fingerprint density at radius 2 is 2.04 bits per heavy atom. The third-order valence-corrected chi connectivity index (χ3v) is 4.49. The van der Waals surface area contributed by atoms with Crippen molar-refractivity contribution in [3.05, 3.63) is 41.3 Å². The smallest absolute Gasteiger partial charge is 0.317 e. The molecule has 2 aromatic heterocycles. The Kier molecular flexibility index (Phi) is 5.33. The summed E-state index contributed by atoms with van der Waals surface area (Å²) in [6, 6.07) is 5.93. The molecule has 0 atom stereocenters. The number of aryl methyl sites for hydroxylation is 2. The first-order chi connectivity index (χ1) is 12.0. The van der Waals surface area contributed by atoms with Crippen molar-refractivity contribution < 1.29 is 4.79 Å². The van der Waals surface area contributed by atoms with E-state index in [1.807, 2.05) is 41.6 Å². The second kappa shape index (κ2) is 7.65. The molecule has 134 valence electrons. The van der Waals surface area contributed by atoms with Gasteiger partial charge in [-0.2, -0.15) is 5.10 Å². The second-order valence-electron chi connectivity index (χ2n) is 6.67. The average molecular weight is 342 g/mol. The van der Waals surface area contributed by atoms with Gasteiger partial charge in [0.1, 0.15) is 0 Å². The lowest BCUT2D eigenvalue weighted by Gasteiger charge is -2.21. The molecule has 0 unspecified atom stereocenters. The van der Waals surface area contributed by atoms with Crippen LogP contribution in [0.3, 0.4) is 0 Å². The van der Waals surface area contributed by atoms with Crippen molar-refractivity contribution >= 4 is 6.03 Å². The van der Waals surface area contributed by atoms with E-state index in [4.69, 9.17) is 0 Å². The number of likely N-dealkylation sites (N-methyl/N-ethyl adjacent to an activating group) is 1. The molecule has 7 nitrogen and oxygen atoms in total. The minimum Gasteiger partial charge on any atom is -0.334 e. The van der Waals surface area contributed by atoms with E-state index in [0.717, 1.165) is 55.4 Å². The van der Waals surface area contributed by atoms with E-state index >= 15 is 0 Å². The number of nitrogens with one attached hydrogen (secondary N) is 1. The molecule has 1 N–H and O–H groups in total. The van der Waals surface area contributed by atoms with Crippen LogP contribution in [0.5, 0.6) is 0 Å². The number of carbonyl (C=O) groups is 1. The first kappa shape index (κ1) is 17.4. The molecule has 3 heterocycles. The number of amides is 2. The predicted octanol–water partition coefficient (Wildman–Crippen LogP) is 1.73. The molecule has 1 aliphatic heterocycles. The normalized spacial score (nSPS) is 15.9. The summed E-state index contributed by atoms with van der Waals surface area (Å²) >= 11 is 0. The highest BCUT2D eigenvalue weighted by Gasteiger charge is 2.17. The van der Waals surface area contributed by atoms with Crippen molar-refractivity contribution in [1.82, 2.24) is 29.9 Å². The van der Waals surface area contributed by atoms with Gasteiger partial charge in [0.2, 0.25) is 0 Å². The largest absolute Gasteiger partial charge is 0.334 e. The molecule has 1 aliphatic rings. The molecule has 0 aliphatic carbocycles. The second-order valence-corrected chi connectivity index (χ2v) is 6.67. The maximum Gasteiger partial charge on any atom is 0.317 e. The van der Waals surface area contributed by atoms with Gasteiger partial charge < -0.3 is 15.1 Å². The highest BCUT2D eigenvalue weighted by molar-refractivity contribution is 5.74. The summed E-state index contributed by atoms with van der Waals surface area (Å²) in [5, 5.41) is 7.43. The van der Waals surface area contributed by atoms with Gasteiger partial charge in [0.25, 0.3) is 0 Å². The molecular formula is C18H26N6O. The van der Waals surface area contributed by atoms with E-state index in [0.29, 0.717) is 6.54 Å². The quantitative estimate of drug-likeness (QED) is 0.922. The number of hydrogen-bond donors (Lipinski definition) is 1. The maximum atomic E-state index is 12.3. The fourth-order valence-corrected chi connectivity index (χ4v) is 3.05. The minimum absolute atomic E-state index is 0.00192. The van der Waals surface area contributed by atoms with Crippen LogP contribution in [0.1, 0.15) is 23.4 Å². The Morgan fingerprint density at radius 1 is 1.20 bits per heavy atom. The van der Waals surface area contributed by atoms with Gasteiger partial charge in [-0.1, -0.05) is 6.07 Å². The van der Waals surface area contributed by atoms with E-state index < -0.39 is 0 Å². The van der Waals surface area contributed by atoms with Crippen molar-refractivity contribution in [2.75, 3.05) is 33.2 Å². The molecular weight excluding hydrogens is 316 g/mol. The maximum absolute atomic E-state index is 12.3. The molecule has 0 saturated carbocycles. The Bertz CT molecular complexity index is 724. The van der Waals surface area contributed by atoms with Gasteiger partial charge in [-0.25, -0.2) is 14.5 Å². The molecule has 7 heteroatoms. The Morgan fingerprint density at radius 3 is 2.72 bits per heavy atom. The van der Waals surface area contributed by atoms with Crippen molar-refractivity contribution in [2.24, 2.45) is 0 Å². The number of carbonyl (C=O) groups excluding carboxylic acids is 1. The van der Waals surface area contributed by atoms with Gasteiger partial charge in [0.15, 0.2) is 5.82 Å². The Labute approximate surface area is 148 Å². The molecule has 1 fully saturated rings. The number of nitrogens with zero attached hydrogens (tertiary/aromatic N) is 5. The SMILES string of the molecule is Cc1cc(C)n(-c2ccc(CNC(=O)N3CCCN(C)CC3)cn2)n1. The number of pyridine rings is 1. The van der Waals surface area contributed by atoms with Crippen molar-refractivity contribution in [2.45, 2.75) is 26.8 Å². The molecule has 0 spiro atoms. The van der Waals surface area contributed by atoms with Gasteiger partial charge in [0.05, 0.1) is 5.69 Å². The van der Waals surface area contributed by atoms with Crippen molar-refractivity contribution in [3.8, 4) is 5.82 Å². The molecule has 2 aromatic rings. The zero-order chi connectivity index (χ0) is 17.8. The number of urea groups is 1. The van der Waals surface area contributed by atoms with E-state index in [2.05, 4.69) is 27.3 Å². The van der Waals surface area contributed by atoms with Crippen molar-refractivity contribution in [3.63, 3.8) is 0 Å². The third kappa shape index (κ3) is 4.36. The summed E-state index contributed by atoms with van der Waals surface area (Å²) < 4.78 is 1.82. The first-order valence-electron chi connectivity index (χ1n) is 8.73. The molecule has 0 bridgehead atoms. The number of rotatable bonds is 3. The fourth-order valence-electron chi connectivity index (χ4n) is 3.05. The van der Waals surface area contributed by atoms with E-state index in [-0.39, 0.29) is 6.03 Å². The highest BCUT2D eigenvalue weighted by atomic mass is 16.2. The topological polar surface area (TPSA) is 66.3 Å². The van der Waals surface area contributed by atoms with Gasteiger partial charge in [-0.3, -0.25) is 0 Å². The van der Waals surface area contributed by atoms with E-state index in [1.165, 1.54) is 0 Å². The van der Waals surface area contributed by atoms with Crippen LogP contribution >= 0.6 is 0 Å². The van der Waals surface area contributed by atoms with Gasteiger partial charge in [-0.15, -0.1) is 0 Å². The van der Waals surface area contributed by atoms with Gasteiger partial charge in [0, 0.05) is 38.1 Å². The van der Waals surface area contributed by atoms with Crippen LogP contribution in [0, 0.1) is 13.8 Å². The average Bonchev–Trinajstić information content (AvgIpc) is 2.80. The summed E-state index contributed by atoms with van der Waals surface area (Å²) in [7, 11) is 2.09. The van der Waals surface area contributed by atoms with E-state index in [1.54, 1.807) is 6.20 Å². The Balaban J connectivity index is 1.56. The zero-order valence-electron chi connectivity index (χ0n) is 15.2. The van der Waals surface area contributed by atoms with Crippen LogP contribution < -0.4 is 5.32 Å². The summed E-state index contributed by atoms with van der Waals surface area (Å²) in [6.07, 6.45) is 2.81. The van der Waals surface area contributed by atoms with Crippen LogP contribution in [-0.2, 0) is 6.54 Å². The Hall–Kier alpha value is -2.41. The molecule has 2 amide bonds. The van der Waals surface area contributed by atoms with Crippen molar-refractivity contribution in [1.29, 1.82) is 0 Å². The minimum atomic E-state index is -0.00192. The molecule has 25 heavy (non-hydrogen) atoms. The zero-order valence-corrected chi connectivity index (χ0v) is 15.2. The summed E-state index contributed by atoms with van der Waals surface area (Å²) in [6.45, 7) is 8.01. The lowest BCUT2D eigenvalue weighted by Crippen LogP contribution is -2.41. The summed E-state index contributed by atoms with van der Waals surface area (Å²) in [4.78, 5) is 20.9. The number of hydrogen-bond acceptors (Lipinski definition) is 4. The van der Waals surface area contributed by atoms with Crippen LogP contribution in [0.4, 0.5) is 4.79 Å². The highest BCUT2D eigenvalue weighted by Crippen LogP contribution is 2.10. The van der Waals surface area contributed by atoms with Crippen LogP contribution in [0.2, 0.25) is 0 Å². The van der Waals surface area contributed by atoms with Crippen LogP contribution in [0.25, 0.3) is 5.82 Å². The molecule has 0 radical (unpaired) electrons. The van der Waals surface area contributed by atoms with Gasteiger partial charge in [-0.05, 0) is 51.6 Å². The lowest BCUT2D eigenvalue weighted by molar-refractivity contribution is 0.199. The predicted molar refractivity (Wildman–Crippen MR) is 96.8 cm³/mol. The summed E-state index contributed by atoms with van der Waals surface area (Å²) in [5.41, 5.74) is 3.00. The monoisotopic (exact) mass is 342 g/mol. The summed E-state index contributed by atoms with van der Waals surface area (Å²) in [5.74, 6) is 0.788. The molecule has 0 aromatic carbocycles. The molecule has 3 rings (SSSR count). The third-order valence-electron chi connectivity index (χ3n) is 4.49. The standard InChI is InChI=1S/C18H26N6O/c1-14-11-15(2)24(21-14)17-6-5-16(12-19-17)13-20-18(25)23-8-4-7-22(3)9-10-23/h5-6,11-12H,4,7-10,13H2,1-3H3,(H,20,25). The molecule has 1 saturated heterocycles. The van der Waals surface area contributed by atoms with Crippen LogP contribution in [0.15, 0.2) is 24.4 Å². The lowest BCUT2D eigenvalue weighted by atomic mass is 10.3. The fraction of sp³-hybridized carbons (Fsp3) is 0.500. The number of aromatic nitrogens is 3. The van der Waals surface area contributed by atoms with Gasteiger partial charge >= 0.3 is 6.03 Å². The van der Waals surface area contributed by atoms with Crippen LogP contribution in [-0.4, -0.2) is 63.8 Å². The first-order valence-corrected chi connectivity index (χ1v) is 8.73. The van der Waals surface area contributed by atoms with E-state index in [9.17, 15) is 4.79 Å².